The number of carbonyl (C=O) groups excluding carboxylic acids is 2. The fourth-order valence-corrected chi connectivity index (χ4v) is 4.15. The summed E-state index contributed by atoms with van der Waals surface area (Å²) < 4.78 is 28.4. The zero-order valence-corrected chi connectivity index (χ0v) is 19.4. The number of nitrogens with one attached hydrogen (secondary N) is 1. The fraction of sp³-hybridized carbons (Fsp3) is 0.636. The zero-order valence-electron chi connectivity index (χ0n) is 18.6. The van der Waals surface area contributed by atoms with Crippen molar-refractivity contribution in [3.63, 3.8) is 0 Å². The van der Waals surface area contributed by atoms with Crippen molar-refractivity contribution >= 4 is 21.8 Å². The third kappa shape index (κ3) is 7.63. The minimum Gasteiger partial charge on any atom is -0.444 e. The minimum absolute atomic E-state index is 0.0832. The monoisotopic (exact) mass is 438 g/mol. The van der Waals surface area contributed by atoms with Crippen LogP contribution in [-0.4, -0.2) is 56.8 Å². The Kier molecular flexibility index (Phi) is 7.91. The van der Waals surface area contributed by atoms with Gasteiger partial charge >= 0.3 is 6.09 Å². The van der Waals surface area contributed by atoms with Crippen LogP contribution in [0, 0.1) is 11.8 Å². The molecular weight excluding hydrogens is 404 g/mol. The standard InChI is InChI=1S/C22H34N2O5S/c1-16(18-10-12-24(13-11-18)21(26)29-22(2,3)4)15-23-20(25)14-17-6-8-19(9-7-17)30(5,27)28/h6-9,16,18H,10-15H2,1-5H3,(H,23,25). The van der Waals surface area contributed by atoms with Crippen molar-refractivity contribution in [3.05, 3.63) is 29.8 Å². The van der Waals surface area contributed by atoms with Crippen LogP contribution < -0.4 is 5.32 Å². The number of benzene rings is 1. The van der Waals surface area contributed by atoms with Crippen LogP contribution in [0.25, 0.3) is 0 Å². The highest BCUT2D eigenvalue weighted by atomic mass is 32.2. The maximum Gasteiger partial charge on any atom is 0.410 e. The van der Waals surface area contributed by atoms with Crippen LogP contribution in [0.3, 0.4) is 0 Å². The molecule has 2 rings (SSSR count). The van der Waals surface area contributed by atoms with Gasteiger partial charge in [-0.2, -0.15) is 0 Å². The predicted octanol–water partition coefficient (Wildman–Crippen LogP) is 3.03. The van der Waals surface area contributed by atoms with Gasteiger partial charge < -0.3 is 15.0 Å². The molecule has 1 atom stereocenters. The molecule has 0 bridgehead atoms. The Morgan fingerprint density at radius 3 is 2.23 bits per heavy atom. The number of hydrogen-bond acceptors (Lipinski definition) is 5. The number of carbonyl (C=O) groups is 2. The molecule has 8 heteroatoms. The van der Waals surface area contributed by atoms with Gasteiger partial charge in [0.1, 0.15) is 5.60 Å². The Labute approximate surface area is 180 Å². The number of amides is 2. The Bertz CT molecular complexity index is 835. The lowest BCUT2D eigenvalue weighted by Gasteiger charge is -2.35. The summed E-state index contributed by atoms with van der Waals surface area (Å²) in [6, 6.07) is 6.40. The average Bonchev–Trinajstić information content (AvgIpc) is 2.64. The highest BCUT2D eigenvalue weighted by Gasteiger charge is 2.29. The Morgan fingerprint density at radius 1 is 1.17 bits per heavy atom. The quantitative estimate of drug-likeness (QED) is 0.737. The van der Waals surface area contributed by atoms with Crippen molar-refractivity contribution in [2.75, 3.05) is 25.9 Å². The minimum atomic E-state index is -3.23. The normalized spacial score (nSPS) is 16.8. The fourth-order valence-electron chi connectivity index (χ4n) is 3.52. The number of likely N-dealkylation sites (tertiary alicyclic amines) is 1. The Hall–Kier alpha value is -2.09. The molecule has 7 nitrogen and oxygen atoms in total. The number of hydrogen-bond donors (Lipinski definition) is 1. The van der Waals surface area contributed by atoms with Gasteiger partial charge in [-0.05, 0) is 63.1 Å². The van der Waals surface area contributed by atoms with Crippen LogP contribution in [0.15, 0.2) is 29.2 Å². The van der Waals surface area contributed by atoms with E-state index in [4.69, 9.17) is 4.74 Å². The van der Waals surface area contributed by atoms with Gasteiger partial charge in [-0.3, -0.25) is 4.79 Å². The van der Waals surface area contributed by atoms with E-state index in [-0.39, 0.29) is 23.3 Å². The van der Waals surface area contributed by atoms with E-state index in [2.05, 4.69) is 12.2 Å². The second-order valence-electron chi connectivity index (χ2n) is 9.18. The van der Waals surface area contributed by atoms with Crippen molar-refractivity contribution < 1.29 is 22.7 Å². The lowest BCUT2D eigenvalue weighted by molar-refractivity contribution is -0.120. The first-order chi connectivity index (χ1) is 13.8. The molecule has 1 fully saturated rings. The smallest absolute Gasteiger partial charge is 0.410 e. The summed E-state index contributed by atoms with van der Waals surface area (Å²) in [5.41, 5.74) is 0.287. The number of piperidine rings is 1. The number of rotatable bonds is 6. The molecule has 1 aromatic carbocycles. The molecule has 0 aromatic heterocycles. The summed E-state index contributed by atoms with van der Waals surface area (Å²) in [6.45, 7) is 9.63. The molecule has 0 radical (unpaired) electrons. The van der Waals surface area contributed by atoms with Gasteiger partial charge in [-0.25, -0.2) is 13.2 Å². The molecule has 1 heterocycles. The molecule has 2 amide bonds. The molecular formula is C22H34N2O5S. The number of ether oxygens (including phenoxy) is 1. The molecule has 0 aliphatic carbocycles. The molecule has 1 unspecified atom stereocenters. The van der Waals surface area contributed by atoms with E-state index in [1.165, 1.54) is 12.1 Å². The summed E-state index contributed by atoms with van der Waals surface area (Å²) >= 11 is 0. The van der Waals surface area contributed by atoms with E-state index in [0.717, 1.165) is 24.7 Å². The van der Waals surface area contributed by atoms with E-state index in [0.29, 0.717) is 31.5 Å². The van der Waals surface area contributed by atoms with Crippen LogP contribution in [-0.2, 0) is 25.8 Å². The summed E-state index contributed by atoms with van der Waals surface area (Å²) in [5.74, 6) is 0.667. The maximum atomic E-state index is 12.3. The van der Waals surface area contributed by atoms with Crippen molar-refractivity contribution in [1.29, 1.82) is 0 Å². The van der Waals surface area contributed by atoms with Gasteiger partial charge in [0, 0.05) is 25.9 Å². The maximum absolute atomic E-state index is 12.3. The van der Waals surface area contributed by atoms with Crippen LogP contribution >= 0.6 is 0 Å². The molecule has 1 aliphatic heterocycles. The second-order valence-corrected chi connectivity index (χ2v) is 11.2. The Morgan fingerprint density at radius 2 is 1.73 bits per heavy atom. The highest BCUT2D eigenvalue weighted by Crippen LogP contribution is 2.25. The SMILES string of the molecule is CC(CNC(=O)Cc1ccc(S(C)(=O)=O)cc1)C1CCN(C(=O)OC(C)(C)C)CC1. The molecule has 1 aromatic rings. The summed E-state index contributed by atoms with van der Waals surface area (Å²) in [4.78, 5) is 26.4. The number of nitrogens with zero attached hydrogens (tertiary/aromatic N) is 1. The molecule has 168 valence electrons. The van der Waals surface area contributed by atoms with Crippen molar-refractivity contribution in [2.45, 2.75) is 57.5 Å². The molecule has 0 saturated carbocycles. The van der Waals surface area contributed by atoms with Gasteiger partial charge in [0.05, 0.1) is 11.3 Å². The van der Waals surface area contributed by atoms with Gasteiger partial charge in [0.2, 0.25) is 5.91 Å². The summed E-state index contributed by atoms with van der Waals surface area (Å²) in [6.07, 6.45) is 2.90. The lowest BCUT2D eigenvalue weighted by Crippen LogP contribution is -2.43. The largest absolute Gasteiger partial charge is 0.444 e. The first-order valence-electron chi connectivity index (χ1n) is 10.4. The van der Waals surface area contributed by atoms with E-state index >= 15 is 0 Å². The average molecular weight is 439 g/mol. The van der Waals surface area contributed by atoms with Crippen LogP contribution in [0.5, 0.6) is 0 Å². The third-order valence-corrected chi connectivity index (χ3v) is 6.46. The zero-order chi connectivity index (χ0) is 22.5. The van der Waals surface area contributed by atoms with E-state index < -0.39 is 15.4 Å². The van der Waals surface area contributed by atoms with Crippen molar-refractivity contribution in [1.82, 2.24) is 10.2 Å². The first-order valence-corrected chi connectivity index (χ1v) is 12.3. The van der Waals surface area contributed by atoms with Crippen LogP contribution in [0.1, 0.15) is 46.1 Å². The molecule has 1 saturated heterocycles. The van der Waals surface area contributed by atoms with Gasteiger partial charge in [-0.15, -0.1) is 0 Å². The van der Waals surface area contributed by atoms with Gasteiger partial charge in [0.25, 0.3) is 0 Å². The molecule has 0 spiro atoms. The number of sulfone groups is 1. The van der Waals surface area contributed by atoms with Gasteiger partial charge in [0.15, 0.2) is 9.84 Å². The summed E-state index contributed by atoms with van der Waals surface area (Å²) in [7, 11) is -3.23. The van der Waals surface area contributed by atoms with Crippen LogP contribution in [0.2, 0.25) is 0 Å². The second kappa shape index (κ2) is 9.81. The first kappa shape index (κ1) is 24.2. The lowest BCUT2D eigenvalue weighted by atomic mass is 9.85. The van der Waals surface area contributed by atoms with Crippen molar-refractivity contribution in [2.24, 2.45) is 11.8 Å². The van der Waals surface area contributed by atoms with E-state index in [1.54, 1.807) is 17.0 Å². The Balaban J connectivity index is 1.75. The van der Waals surface area contributed by atoms with Crippen molar-refractivity contribution in [3.8, 4) is 0 Å². The van der Waals surface area contributed by atoms with Crippen LogP contribution in [0.4, 0.5) is 4.79 Å². The molecule has 30 heavy (non-hydrogen) atoms. The predicted molar refractivity (Wildman–Crippen MR) is 116 cm³/mol. The summed E-state index contributed by atoms with van der Waals surface area (Å²) in [5, 5.41) is 2.98. The highest BCUT2D eigenvalue weighted by molar-refractivity contribution is 7.90. The molecule has 1 aliphatic rings. The van der Waals surface area contributed by atoms with E-state index in [1.807, 2.05) is 20.8 Å². The van der Waals surface area contributed by atoms with Gasteiger partial charge in [-0.1, -0.05) is 19.1 Å². The van der Waals surface area contributed by atoms with E-state index in [9.17, 15) is 18.0 Å². The molecule has 1 N–H and O–H groups in total. The third-order valence-electron chi connectivity index (χ3n) is 5.33. The topological polar surface area (TPSA) is 92.8 Å².